The van der Waals surface area contributed by atoms with Gasteiger partial charge in [0.1, 0.15) is 92.6 Å². The lowest BCUT2D eigenvalue weighted by molar-refractivity contribution is -0.360. The molecule has 3 aliphatic rings. The number of carbonyl (C=O) groups is 4. The first-order valence-electron chi connectivity index (χ1n) is 48.7. The molecule has 0 amide bonds. The number of carbonyl (C=O) groups excluding carboxylic acids is 4. The minimum Gasteiger partial charge on any atom is -0.463 e. The van der Waals surface area contributed by atoms with E-state index in [4.69, 9.17) is 46.9 Å². The third-order valence-electron chi connectivity index (χ3n) is 24.3. The summed E-state index contributed by atoms with van der Waals surface area (Å²) in [5.74, 6) is -2.25. The van der Waals surface area contributed by atoms with Crippen molar-refractivity contribution in [2.45, 2.75) is 537 Å². The molecule has 702 valence electrons. The molecular formula is C93H175O25P. The van der Waals surface area contributed by atoms with E-state index in [2.05, 4.69) is 34.6 Å². The average Bonchev–Trinajstić information content (AvgIpc) is 0.754. The normalized spacial score (nSPS) is 25.0. The highest BCUT2D eigenvalue weighted by molar-refractivity contribution is 7.47. The van der Waals surface area contributed by atoms with E-state index in [0.29, 0.717) is 38.0 Å². The quantitative estimate of drug-likeness (QED) is 0.0117. The van der Waals surface area contributed by atoms with Crippen LogP contribution in [0.1, 0.15) is 433 Å². The number of phosphoric ester groups is 1. The van der Waals surface area contributed by atoms with E-state index in [0.717, 1.165) is 128 Å². The van der Waals surface area contributed by atoms with Gasteiger partial charge in [0.2, 0.25) is 0 Å². The fourth-order valence-corrected chi connectivity index (χ4v) is 17.4. The second-order valence-electron chi connectivity index (χ2n) is 35.2. The van der Waals surface area contributed by atoms with Gasteiger partial charge in [-0.25, -0.2) is 4.57 Å². The van der Waals surface area contributed by atoms with Gasteiger partial charge in [-0.2, -0.15) is 0 Å². The number of ether oxygens (including phenoxy) is 8. The predicted molar refractivity (Wildman–Crippen MR) is 463 cm³/mol. The van der Waals surface area contributed by atoms with Crippen molar-refractivity contribution in [2.75, 3.05) is 26.4 Å². The fourth-order valence-electron chi connectivity index (χ4n) is 16.4. The van der Waals surface area contributed by atoms with Gasteiger partial charge in [0, 0.05) is 25.7 Å². The summed E-state index contributed by atoms with van der Waals surface area (Å²) in [4.78, 5) is 66.6. The van der Waals surface area contributed by atoms with Gasteiger partial charge >= 0.3 is 31.7 Å². The van der Waals surface area contributed by atoms with E-state index in [1.54, 1.807) is 0 Å². The summed E-state index contributed by atoms with van der Waals surface area (Å²) in [5.41, 5.74) is 0. The second kappa shape index (κ2) is 71.5. The molecule has 19 atom stereocenters. The van der Waals surface area contributed by atoms with Crippen LogP contribution in [0.3, 0.4) is 0 Å². The molecule has 1 saturated carbocycles. The number of aliphatic hydroxyl groups excluding tert-OH is 9. The molecule has 19 unspecified atom stereocenters. The largest absolute Gasteiger partial charge is 0.472 e. The van der Waals surface area contributed by atoms with Gasteiger partial charge in [-0.3, -0.25) is 28.2 Å². The molecule has 3 fully saturated rings. The van der Waals surface area contributed by atoms with Crippen molar-refractivity contribution in [2.24, 2.45) is 5.92 Å². The molecule has 26 heteroatoms. The molecule has 0 radical (unpaired) electrons. The van der Waals surface area contributed by atoms with E-state index in [-0.39, 0.29) is 25.7 Å². The lowest BCUT2D eigenvalue weighted by Crippen LogP contribution is -2.70. The fraction of sp³-hybridized carbons (Fsp3) is 0.957. The van der Waals surface area contributed by atoms with Crippen molar-refractivity contribution < 1.29 is 122 Å². The topological polar surface area (TPSA) is 380 Å². The Morgan fingerprint density at radius 1 is 0.328 bits per heavy atom. The molecule has 2 saturated heterocycles. The molecule has 0 aromatic rings. The Morgan fingerprint density at radius 2 is 0.630 bits per heavy atom. The zero-order valence-electron chi connectivity index (χ0n) is 75.1. The number of hydrogen-bond acceptors (Lipinski definition) is 24. The lowest BCUT2D eigenvalue weighted by Gasteiger charge is -2.50. The predicted octanol–water partition coefficient (Wildman–Crippen LogP) is 18.4. The van der Waals surface area contributed by atoms with Crippen molar-refractivity contribution in [1.82, 2.24) is 0 Å². The third-order valence-corrected chi connectivity index (χ3v) is 25.2. The molecule has 0 bridgehead atoms. The van der Waals surface area contributed by atoms with Crippen molar-refractivity contribution in [3.63, 3.8) is 0 Å². The summed E-state index contributed by atoms with van der Waals surface area (Å²) in [6.07, 6.45) is 27.9. The number of esters is 4. The minimum absolute atomic E-state index is 0.0199. The molecule has 3 rings (SSSR count). The van der Waals surface area contributed by atoms with Gasteiger partial charge in [-0.05, 0) is 31.6 Å². The van der Waals surface area contributed by atoms with Gasteiger partial charge in [-0.15, -0.1) is 0 Å². The maximum absolute atomic E-state index is 14.9. The van der Waals surface area contributed by atoms with Gasteiger partial charge in [0.25, 0.3) is 0 Å². The van der Waals surface area contributed by atoms with Crippen molar-refractivity contribution >= 4 is 31.7 Å². The molecule has 2 heterocycles. The summed E-state index contributed by atoms with van der Waals surface area (Å²) >= 11 is 0. The first-order chi connectivity index (χ1) is 57.6. The van der Waals surface area contributed by atoms with Gasteiger partial charge in [0.05, 0.1) is 13.2 Å². The molecule has 0 aromatic carbocycles. The first-order valence-corrected chi connectivity index (χ1v) is 50.2. The van der Waals surface area contributed by atoms with Crippen LogP contribution in [0.25, 0.3) is 0 Å². The Balaban J connectivity index is 1.91. The van der Waals surface area contributed by atoms with E-state index in [9.17, 15) is 74.6 Å². The molecule has 119 heavy (non-hydrogen) atoms. The Labute approximate surface area is 719 Å². The smallest absolute Gasteiger partial charge is 0.463 e. The van der Waals surface area contributed by atoms with Crippen LogP contribution in [0.15, 0.2) is 0 Å². The Morgan fingerprint density at radius 3 is 1.00 bits per heavy atom. The first kappa shape index (κ1) is 111. The van der Waals surface area contributed by atoms with Crippen molar-refractivity contribution in [3.8, 4) is 0 Å². The summed E-state index contributed by atoms with van der Waals surface area (Å²) in [6.45, 7) is 7.98. The maximum atomic E-state index is 14.9. The van der Waals surface area contributed by atoms with Crippen LogP contribution in [0.5, 0.6) is 0 Å². The molecule has 25 nitrogen and oxygen atoms in total. The van der Waals surface area contributed by atoms with Crippen LogP contribution in [-0.2, 0) is 70.7 Å². The monoisotopic (exact) mass is 1720 g/mol. The highest BCUT2D eigenvalue weighted by Crippen LogP contribution is 2.49. The van der Waals surface area contributed by atoms with Crippen LogP contribution >= 0.6 is 7.82 Å². The Bertz CT molecular complexity index is 2490. The van der Waals surface area contributed by atoms with Crippen LogP contribution in [0.2, 0.25) is 0 Å². The van der Waals surface area contributed by atoms with Crippen LogP contribution in [0.4, 0.5) is 0 Å². The van der Waals surface area contributed by atoms with Crippen LogP contribution in [-0.4, -0.2) is 205 Å². The van der Waals surface area contributed by atoms with E-state index < -0.39 is 162 Å². The van der Waals surface area contributed by atoms with Gasteiger partial charge in [0.15, 0.2) is 24.8 Å². The zero-order chi connectivity index (χ0) is 86.9. The van der Waals surface area contributed by atoms with E-state index in [1.807, 2.05) is 0 Å². The number of aliphatic hydroxyl groups is 9. The second-order valence-corrected chi connectivity index (χ2v) is 36.6. The minimum atomic E-state index is -5.80. The number of phosphoric acid groups is 1. The average molecular weight is 1720 g/mol. The maximum Gasteiger partial charge on any atom is 0.472 e. The molecule has 2 aliphatic heterocycles. The summed E-state index contributed by atoms with van der Waals surface area (Å²) in [6, 6.07) is 0. The summed E-state index contributed by atoms with van der Waals surface area (Å²) in [7, 11) is -5.80. The van der Waals surface area contributed by atoms with Gasteiger partial charge < -0.3 is 88.7 Å². The highest BCUT2D eigenvalue weighted by atomic mass is 31.2. The standard InChI is InChI=1S/C93H175O25P/c1-6-10-14-18-22-25-28-31-33-35-38-41-44-47-55-61-67-79(98)115-88-84(103)85(104)89(116-92-86(105)82(101)80(99)74(68-94)113-92)91(90(88)117-93-87(106)83(102)81(100)75(114-93)71-110-77(96)65-59-52-45-42-39-37-34-32-29-26-23-19-15-11-7-2)118-119(107,108)111-70-73(112-78(97)66-60-54-46-43-40-36-30-27-24-20-16-12-8-3)69-109-76(95)64-58-53-49-48-51-57-63-72(5)62-56-50-21-17-13-9-4/h72-75,80-94,99-106H,6-71H2,1-5H3,(H,107,108). The SMILES string of the molecule is CCCCCCCCCCCCCCCCCCC(=O)OC1C(O)C(O)C(OC2OC(CO)C(O)C(O)C2O)C(OP(=O)(O)OCC(COC(=O)CCCCCCCCC(C)CCCCCCCC)OC(=O)CCCCCCCCCCCCCCC)C1OC1OC(COC(=O)CCCCCCCCCCCCCCCCC)C(O)C(O)C1O. The molecule has 10 N–H and O–H groups in total. The summed E-state index contributed by atoms with van der Waals surface area (Å²) < 4.78 is 73.6. The van der Waals surface area contributed by atoms with Crippen molar-refractivity contribution in [3.05, 3.63) is 0 Å². The van der Waals surface area contributed by atoms with Crippen molar-refractivity contribution in [1.29, 1.82) is 0 Å². The molecule has 1 aliphatic carbocycles. The number of unbranched alkanes of at least 4 members (excludes halogenated alkanes) is 51. The molecular weight excluding hydrogens is 1550 g/mol. The Hall–Kier alpha value is -2.53. The molecule has 0 spiro atoms. The van der Waals surface area contributed by atoms with E-state index >= 15 is 0 Å². The Kier molecular flexibility index (Phi) is 66.5. The van der Waals surface area contributed by atoms with Crippen LogP contribution < -0.4 is 0 Å². The molecule has 0 aromatic heterocycles. The third kappa shape index (κ3) is 51.8. The number of hydrogen-bond donors (Lipinski definition) is 10. The zero-order valence-corrected chi connectivity index (χ0v) is 76.0. The van der Waals surface area contributed by atoms with Crippen LogP contribution in [0, 0.1) is 5.92 Å². The summed E-state index contributed by atoms with van der Waals surface area (Å²) in [5, 5.41) is 102. The van der Waals surface area contributed by atoms with Gasteiger partial charge in [-0.1, -0.05) is 381 Å². The lowest BCUT2D eigenvalue weighted by atomic mass is 9.84. The number of rotatable bonds is 79. The highest BCUT2D eigenvalue weighted by Gasteiger charge is 2.60. The van der Waals surface area contributed by atoms with E-state index in [1.165, 1.54) is 212 Å².